The summed E-state index contributed by atoms with van der Waals surface area (Å²) in [5.74, 6) is 0.0938. The van der Waals surface area contributed by atoms with Gasteiger partial charge in [-0.2, -0.15) is 4.98 Å². The Bertz CT molecular complexity index is 317. The van der Waals surface area contributed by atoms with Gasteiger partial charge in [-0.05, 0) is 6.42 Å². The zero-order valence-electron chi connectivity index (χ0n) is 7.19. The lowest BCUT2D eigenvalue weighted by molar-refractivity contribution is -0.0776. The van der Waals surface area contributed by atoms with Crippen molar-refractivity contribution in [2.45, 2.75) is 13.3 Å². The molecule has 1 fully saturated rings. The zero-order chi connectivity index (χ0) is 9.26. The Morgan fingerprint density at radius 1 is 1.62 bits per heavy atom. The highest BCUT2D eigenvalue weighted by Gasteiger charge is 2.24. The van der Waals surface area contributed by atoms with E-state index in [1.54, 1.807) is 6.92 Å². The summed E-state index contributed by atoms with van der Waals surface area (Å²) in [4.78, 5) is 20.3. The second-order valence-corrected chi connectivity index (χ2v) is 2.73. The van der Waals surface area contributed by atoms with E-state index in [-0.39, 0.29) is 11.7 Å². The number of nitrogens with zero attached hydrogens (tertiary/aromatic N) is 3. The Kier molecular flexibility index (Phi) is 1.97. The molecule has 2 heterocycles. The first-order chi connectivity index (χ1) is 6.27. The molecule has 0 unspecified atom stereocenters. The molecule has 13 heavy (non-hydrogen) atoms. The molecule has 1 aliphatic heterocycles. The molecule has 0 atom stereocenters. The van der Waals surface area contributed by atoms with E-state index in [1.807, 2.05) is 0 Å². The van der Waals surface area contributed by atoms with Crippen LogP contribution in [0.15, 0.2) is 4.52 Å². The number of hydrogen-bond acceptors (Lipinski definition) is 5. The Morgan fingerprint density at radius 3 is 3.00 bits per heavy atom. The fraction of sp³-hybridized carbons (Fsp3) is 0.571. The van der Waals surface area contributed by atoms with Crippen LogP contribution in [0.25, 0.3) is 0 Å². The summed E-state index contributed by atoms with van der Waals surface area (Å²) in [6.45, 7) is 2.80. The average molecular weight is 183 g/mol. The summed E-state index contributed by atoms with van der Waals surface area (Å²) in [5.41, 5.74) is 0. The zero-order valence-corrected chi connectivity index (χ0v) is 7.19. The number of carbonyl (C=O) groups is 1. The molecule has 2 rings (SSSR count). The third-order valence-electron chi connectivity index (χ3n) is 1.70. The first-order valence-corrected chi connectivity index (χ1v) is 4.02. The van der Waals surface area contributed by atoms with Crippen molar-refractivity contribution in [2.75, 3.05) is 13.2 Å². The predicted octanol–water partition coefficient (Wildman–Crippen LogP) is 0.156. The highest BCUT2D eigenvalue weighted by atomic mass is 16.7. The van der Waals surface area contributed by atoms with E-state index >= 15 is 0 Å². The lowest BCUT2D eigenvalue weighted by Crippen LogP contribution is -2.27. The largest absolute Gasteiger partial charge is 0.339 e. The molecule has 1 aromatic rings. The first kappa shape index (κ1) is 8.18. The van der Waals surface area contributed by atoms with Gasteiger partial charge in [-0.25, -0.2) is 5.06 Å². The standard InChI is InChI=1S/C7H9N3O3/c1-5-8-6(9-13-5)7(11)10-3-2-4-12-10/h2-4H2,1H3. The van der Waals surface area contributed by atoms with E-state index in [4.69, 9.17) is 4.84 Å². The van der Waals surface area contributed by atoms with Crippen molar-refractivity contribution in [1.29, 1.82) is 0 Å². The topological polar surface area (TPSA) is 68.5 Å². The molecule has 0 spiro atoms. The molecule has 0 aliphatic carbocycles. The van der Waals surface area contributed by atoms with E-state index < -0.39 is 0 Å². The maximum Gasteiger partial charge on any atom is 0.318 e. The minimum atomic E-state index is -0.339. The Balaban J connectivity index is 2.12. The maximum atomic E-state index is 11.5. The average Bonchev–Trinajstić information content (AvgIpc) is 2.72. The molecule has 1 amide bonds. The summed E-state index contributed by atoms with van der Waals surface area (Å²) < 4.78 is 4.68. The molecule has 1 saturated heterocycles. The Labute approximate surface area is 74.4 Å². The van der Waals surface area contributed by atoms with Crippen LogP contribution in [0.3, 0.4) is 0 Å². The molecule has 0 radical (unpaired) electrons. The first-order valence-electron chi connectivity index (χ1n) is 4.02. The van der Waals surface area contributed by atoms with Gasteiger partial charge in [-0.15, -0.1) is 0 Å². The van der Waals surface area contributed by atoms with Crippen molar-refractivity contribution in [3.8, 4) is 0 Å². The fourth-order valence-corrected chi connectivity index (χ4v) is 1.11. The van der Waals surface area contributed by atoms with Crippen molar-refractivity contribution in [3.05, 3.63) is 11.7 Å². The van der Waals surface area contributed by atoms with Crippen LogP contribution < -0.4 is 0 Å². The number of aromatic nitrogens is 2. The quantitative estimate of drug-likeness (QED) is 0.620. The minimum Gasteiger partial charge on any atom is -0.339 e. The number of hydroxylamine groups is 2. The molecular formula is C7H9N3O3. The van der Waals surface area contributed by atoms with Crippen molar-refractivity contribution in [2.24, 2.45) is 0 Å². The van der Waals surface area contributed by atoms with Gasteiger partial charge < -0.3 is 4.52 Å². The molecule has 0 aromatic carbocycles. The number of carbonyl (C=O) groups excluding carboxylic acids is 1. The monoisotopic (exact) mass is 183 g/mol. The third-order valence-corrected chi connectivity index (χ3v) is 1.70. The molecule has 0 saturated carbocycles. The lowest BCUT2D eigenvalue weighted by Gasteiger charge is -2.09. The van der Waals surface area contributed by atoms with Crippen molar-refractivity contribution in [3.63, 3.8) is 0 Å². The van der Waals surface area contributed by atoms with Crippen LogP contribution in [0.1, 0.15) is 22.9 Å². The Morgan fingerprint density at radius 2 is 2.46 bits per heavy atom. The second-order valence-electron chi connectivity index (χ2n) is 2.73. The third kappa shape index (κ3) is 1.52. The summed E-state index contributed by atoms with van der Waals surface area (Å²) in [5, 5.41) is 4.76. The van der Waals surface area contributed by atoms with Crippen LogP contribution in [0.5, 0.6) is 0 Å². The predicted molar refractivity (Wildman–Crippen MR) is 40.6 cm³/mol. The van der Waals surface area contributed by atoms with Gasteiger partial charge in [-0.3, -0.25) is 9.63 Å². The minimum absolute atomic E-state index is 0.0550. The molecule has 70 valence electrons. The summed E-state index contributed by atoms with van der Waals surface area (Å²) in [6, 6.07) is 0. The molecular weight excluding hydrogens is 174 g/mol. The van der Waals surface area contributed by atoms with Crippen LogP contribution in [0, 0.1) is 6.92 Å². The lowest BCUT2D eigenvalue weighted by atomic mass is 10.4. The summed E-state index contributed by atoms with van der Waals surface area (Å²) >= 11 is 0. The van der Waals surface area contributed by atoms with Crippen LogP contribution in [0.4, 0.5) is 0 Å². The number of aryl methyl sites for hydroxylation is 1. The smallest absolute Gasteiger partial charge is 0.318 e. The fourth-order valence-electron chi connectivity index (χ4n) is 1.11. The molecule has 6 nitrogen and oxygen atoms in total. The van der Waals surface area contributed by atoms with Crippen LogP contribution >= 0.6 is 0 Å². The molecule has 0 bridgehead atoms. The van der Waals surface area contributed by atoms with Crippen molar-refractivity contribution < 1.29 is 14.2 Å². The van der Waals surface area contributed by atoms with Gasteiger partial charge >= 0.3 is 5.91 Å². The van der Waals surface area contributed by atoms with E-state index in [0.717, 1.165) is 6.42 Å². The SMILES string of the molecule is Cc1nc(C(=O)N2CCCO2)no1. The summed E-state index contributed by atoms with van der Waals surface area (Å²) in [6.07, 6.45) is 0.850. The maximum absolute atomic E-state index is 11.5. The van der Waals surface area contributed by atoms with Gasteiger partial charge in [-0.1, -0.05) is 5.16 Å². The van der Waals surface area contributed by atoms with E-state index in [2.05, 4.69) is 14.7 Å². The van der Waals surface area contributed by atoms with Crippen LogP contribution in [0.2, 0.25) is 0 Å². The van der Waals surface area contributed by atoms with Gasteiger partial charge in [0.1, 0.15) is 0 Å². The number of amides is 1. The van der Waals surface area contributed by atoms with Crippen molar-refractivity contribution in [1.82, 2.24) is 15.2 Å². The Hall–Kier alpha value is -1.43. The van der Waals surface area contributed by atoms with E-state index in [1.165, 1.54) is 5.06 Å². The van der Waals surface area contributed by atoms with Crippen molar-refractivity contribution >= 4 is 5.91 Å². The second kappa shape index (κ2) is 3.14. The number of hydrogen-bond donors (Lipinski definition) is 0. The molecule has 1 aliphatic rings. The highest BCUT2D eigenvalue weighted by molar-refractivity contribution is 5.89. The van der Waals surface area contributed by atoms with Gasteiger partial charge in [0.05, 0.1) is 13.2 Å². The van der Waals surface area contributed by atoms with Gasteiger partial charge in [0.25, 0.3) is 5.82 Å². The van der Waals surface area contributed by atoms with Crippen LogP contribution in [-0.4, -0.2) is 34.3 Å². The van der Waals surface area contributed by atoms with Gasteiger partial charge in [0, 0.05) is 6.92 Å². The molecule has 6 heteroatoms. The van der Waals surface area contributed by atoms with Crippen LogP contribution in [-0.2, 0) is 4.84 Å². The van der Waals surface area contributed by atoms with Gasteiger partial charge in [0.15, 0.2) is 0 Å². The van der Waals surface area contributed by atoms with E-state index in [9.17, 15) is 4.79 Å². The van der Waals surface area contributed by atoms with Gasteiger partial charge in [0.2, 0.25) is 5.89 Å². The normalized spacial score (nSPS) is 16.5. The highest BCUT2D eigenvalue weighted by Crippen LogP contribution is 2.08. The van der Waals surface area contributed by atoms with E-state index in [0.29, 0.717) is 19.0 Å². The summed E-state index contributed by atoms with van der Waals surface area (Å²) in [7, 11) is 0. The molecule has 0 N–H and O–H groups in total. The number of rotatable bonds is 1. The molecule has 1 aromatic heterocycles.